The number of hydrogen-bond donors (Lipinski definition) is 2. The number of nitrogens with two attached hydrogens (primary N) is 1. The minimum absolute atomic E-state index is 0.327. The molecule has 1 aromatic heterocycles. The number of hydroxylamine groups is 1. The molecule has 1 aliphatic heterocycles. The number of carbonyl (C=O) groups excluding carboxylic acids is 1. The van der Waals surface area contributed by atoms with Crippen molar-refractivity contribution in [3.05, 3.63) is 71.5 Å². The summed E-state index contributed by atoms with van der Waals surface area (Å²) in [7, 11) is 0. The van der Waals surface area contributed by atoms with Gasteiger partial charge in [0.05, 0.1) is 17.6 Å². The highest BCUT2D eigenvalue weighted by molar-refractivity contribution is 7.98. The van der Waals surface area contributed by atoms with Gasteiger partial charge in [-0.3, -0.25) is 4.79 Å². The molecule has 1 atom stereocenters. The van der Waals surface area contributed by atoms with Crippen molar-refractivity contribution in [1.82, 2.24) is 20.5 Å². The number of amides is 1. The second-order valence-corrected chi connectivity index (χ2v) is 8.24. The lowest BCUT2D eigenvalue weighted by Gasteiger charge is -2.22. The molecule has 1 fully saturated rings. The summed E-state index contributed by atoms with van der Waals surface area (Å²) in [5.74, 6) is 0.357. The van der Waals surface area contributed by atoms with Crippen LogP contribution in [0.1, 0.15) is 40.9 Å². The van der Waals surface area contributed by atoms with E-state index in [4.69, 9.17) is 15.3 Å². The molecule has 1 saturated heterocycles. The van der Waals surface area contributed by atoms with Crippen LogP contribution in [-0.4, -0.2) is 33.8 Å². The lowest BCUT2D eigenvalue weighted by atomic mass is 10.2. The van der Waals surface area contributed by atoms with Gasteiger partial charge in [-0.05, 0) is 48.7 Å². The maximum absolute atomic E-state index is 12.4. The largest absolute Gasteiger partial charge is 0.350 e. The van der Waals surface area contributed by atoms with Crippen LogP contribution in [0.5, 0.6) is 0 Å². The summed E-state index contributed by atoms with van der Waals surface area (Å²) in [5, 5.41) is 8.45. The molecule has 0 radical (unpaired) electrons. The molecule has 3 aromatic rings. The molecular formula is C22H25N5O3S. The molecule has 4 rings (SSSR count). The zero-order chi connectivity index (χ0) is 21.5. The van der Waals surface area contributed by atoms with E-state index in [0.29, 0.717) is 24.5 Å². The molecule has 0 spiro atoms. The maximum atomic E-state index is 12.4. The van der Waals surface area contributed by atoms with Gasteiger partial charge in [0.2, 0.25) is 0 Å². The molecule has 1 amide bonds. The van der Waals surface area contributed by atoms with E-state index in [1.165, 1.54) is 0 Å². The van der Waals surface area contributed by atoms with Gasteiger partial charge in [0.15, 0.2) is 6.29 Å². The van der Waals surface area contributed by atoms with Crippen LogP contribution >= 0.6 is 11.8 Å². The molecule has 31 heavy (non-hydrogen) atoms. The Kier molecular flexibility index (Phi) is 7.31. The van der Waals surface area contributed by atoms with Gasteiger partial charge in [0.25, 0.3) is 5.91 Å². The van der Waals surface area contributed by atoms with Crippen molar-refractivity contribution < 1.29 is 14.4 Å². The highest BCUT2D eigenvalue weighted by atomic mass is 32.2. The van der Waals surface area contributed by atoms with Gasteiger partial charge >= 0.3 is 0 Å². The Morgan fingerprint density at radius 2 is 2.16 bits per heavy atom. The second-order valence-electron chi connectivity index (χ2n) is 7.19. The van der Waals surface area contributed by atoms with Gasteiger partial charge < -0.3 is 10.5 Å². The van der Waals surface area contributed by atoms with Gasteiger partial charge in [-0.25, -0.2) is 15.0 Å². The molecular weight excluding hydrogens is 414 g/mol. The Morgan fingerprint density at radius 1 is 1.26 bits per heavy atom. The number of aromatic nitrogens is 3. The number of nitrogens with zero attached hydrogens (tertiary/aromatic N) is 3. The van der Waals surface area contributed by atoms with E-state index in [9.17, 15) is 4.79 Å². The molecule has 1 unspecified atom stereocenters. The SMILES string of the molecule is NCc1cccc(SCc2cn(-c3cccc(C(=O)NOC4CCCCO4)c3)nn2)c1. The Bertz CT molecular complexity index is 1020. The summed E-state index contributed by atoms with van der Waals surface area (Å²) >= 11 is 1.68. The Balaban J connectivity index is 1.36. The predicted molar refractivity (Wildman–Crippen MR) is 117 cm³/mol. The topological polar surface area (TPSA) is 104 Å². The Hall–Kier alpha value is -2.72. The Morgan fingerprint density at radius 3 is 3.00 bits per heavy atom. The molecule has 0 bridgehead atoms. The quantitative estimate of drug-likeness (QED) is 0.410. The molecule has 162 valence electrons. The predicted octanol–water partition coefficient (Wildman–Crippen LogP) is 3.21. The molecule has 3 N–H and O–H groups in total. The van der Waals surface area contributed by atoms with Crippen molar-refractivity contribution in [2.75, 3.05) is 6.61 Å². The van der Waals surface area contributed by atoms with Crippen molar-refractivity contribution in [3.8, 4) is 5.69 Å². The fraction of sp³-hybridized carbons (Fsp3) is 0.318. The monoisotopic (exact) mass is 439 g/mol. The van der Waals surface area contributed by atoms with E-state index in [2.05, 4.69) is 27.9 Å². The smallest absolute Gasteiger partial charge is 0.275 e. The number of thioether (sulfide) groups is 1. The summed E-state index contributed by atoms with van der Waals surface area (Å²) < 4.78 is 7.12. The maximum Gasteiger partial charge on any atom is 0.275 e. The van der Waals surface area contributed by atoms with E-state index in [-0.39, 0.29) is 12.2 Å². The van der Waals surface area contributed by atoms with Gasteiger partial charge in [-0.2, -0.15) is 0 Å². The highest BCUT2D eigenvalue weighted by Crippen LogP contribution is 2.23. The summed E-state index contributed by atoms with van der Waals surface area (Å²) in [5.41, 5.74) is 11.3. The molecule has 9 heteroatoms. The van der Waals surface area contributed by atoms with E-state index in [1.54, 1.807) is 34.6 Å². The van der Waals surface area contributed by atoms with Gasteiger partial charge in [0.1, 0.15) is 0 Å². The first-order valence-corrected chi connectivity index (χ1v) is 11.2. The van der Waals surface area contributed by atoms with Gasteiger partial charge in [-0.15, -0.1) is 16.9 Å². The lowest BCUT2D eigenvalue weighted by molar-refractivity contribution is -0.186. The summed E-state index contributed by atoms with van der Waals surface area (Å²) in [6.45, 7) is 1.18. The third-order valence-corrected chi connectivity index (χ3v) is 5.88. The number of ether oxygens (including phenoxy) is 1. The van der Waals surface area contributed by atoms with Gasteiger partial charge in [-0.1, -0.05) is 23.4 Å². The fourth-order valence-corrected chi connectivity index (χ4v) is 4.04. The molecule has 2 aromatic carbocycles. The molecule has 1 aliphatic rings. The van der Waals surface area contributed by atoms with E-state index >= 15 is 0 Å². The zero-order valence-electron chi connectivity index (χ0n) is 17.1. The van der Waals surface area contributed by atoms with Crippen molar-refractivity contribution >= 4 is 17.7 Å². The van der Waals surface area contributed by atoms with E-state index in [1.807, 2.05) is 24.4 Å². The van der Waals surface area contributed by atoms with E-state index < -0.39 is 0 Å². The number of carbonyl (C=O) groups is 1. The van der Waals surface area contributed by atoms with Crippen molar-refractivity contribution in [2.45, 2.75) is 42.7 Å². The highest BCUT2D eigenvalue weighted by Gasteiger charge is 2.16. The zero-order valence-corrected chi connectivity index (χ0v) is 17.9. The number of hydrogen-bond acceptors (Lipinski definition) is 7. The fourth-order valence-electron chi connectivity index (χ4n) is 3.18. The van der Waals surface area contributed by atoms with Crippen LogP contribution in [0.15, 0.2) is 59.6 Å². The summed E-state index contributed by atoms with van der Waals surface area (Å²) in [4.78, 5) is 18.9. The molecule has 0 aliphatic carbocycles. The average molecular weight is 440 g/mol. The lowest BCUT2D eigenvalue weighted by Crippen LogP contribution is -2.33. The average Bonchev–Trinajstić information content (AvgIpc) is 3.31. The van der Waals surface area contributed by atoms with Crippen LogP contribution in [0.3, 0.4) is 0 Å². The standard InChI is InChI=1S/C22H25N5O3S/c23-13-16-5-3-8-20(11-16)31-15-18-14-27(26-24-18)19-7-4-6-17(12-19)22(28)25-30-21-9-1-2-10-29-21/h3-8,11-12,14,21H,1-2,9-10,13,15,23H2,(H,25,28). The van der Waals surface area contributed by atoms with Crippen LogP contribution in [0.25, 0.3) is 5.69 Å². The Labute approximate surface area is 185 Å². The van der Waals surface area contributed by atoms with E-state index in [0.717, 1.165) is 41.1 Å². The minimum atomic E-state index is -0.387. The molecule has 2 heterocycles. The first kappa shape index (κ1) is 21.5. The summed E-state index contributed by atoms with van der Waals surface area (Å²) in [6, 6.07) is 15.3. The van der Waals surface area contributed by atoms with Gasteiger partial charge in [0, 0.05) is 35.8 Å². The van der Waals surface area contributed by atoms with Crippen molar-refractivity contribution in [2.24, 2.45) is 5.73 Å². The van der Waals surface area contributed by atoms with Crippen LogP contribution in [0.4, 0.5) is 0 Å². The third-order valence-electron chi connectivity index (χ3n) is 4.86. The molecule has 8 nitrogen and oxygen atoms in total. The van der Waals surface area contributed by atoms with Crippen molar-refractivity contribution in [3.63, 3.8) is 0 Å². The first-order chi connectivity index (χ1) is 15.2. The molecule has 0 saturated carbocycles. The number of nitrogens with one attached hydrogen (secondary N) is 1. The van der Waals surface area contributed by atoms with Crippen molar-refractivity contribution in [1.29, 1.82) is 0 Å². The minimum Gasteiger partial charge on any atom is -0.350 e. The van der Waals surface area contributed by atoms with Crippen LogP contribution in [0.2, 0.25) is 0 Å². The third kappa shape index (κ3) is 5.92. The number of benzene rings is 2. The number of rotatable bonds is 8. The first-order valence-electron chi connectivity index (χ1n) is 10.2. The normalized spacial score (nSPS) is 16.2. The second kappa shape index (κ2) is 10.5. The van der Waals surface area contributed by atoms with Crippen LogP contribution < -0.4 is 11.2 Å². The van der Waals surface area contributed by atoms with Crippen LogP contribution in [0, 0.1) is 0 Å². The summed E-state index contributed by atoms with van der Waals surface area (Å²) in [6.07, 6.45) is 4.30. The van der Waals surface area contributed by atoms with Crippen LogP contribution in [-0.2, 0) is 21.9 Å².